The Balaban J connectivity index is 2.62. The molecule has 1 rings (SSSR count). The number of hydrogen-bond acceptors (Lipinski definition) is 3. The van der Waals surface area contributed by atoms with Gasteiger partial charge in [-0.2, -0.15) is 0 Å². The number of aliphatic carboxylic acids is 1. The molecule has 1 unspecified atom stereocenters. The zero-order valence-corrected chi connectivity index (χ0v) is 10.1. The van der Waals surface area contributed by atoms with Gasteiger partial charge in [0.2, 0.25) is 5.91 Å². The predicted octanol–water partition coefficient (Wildman–Crippen LogP) is 0.459. The van der Waals surface area contributed by atoms with Crippen molar-refractivity contribution in [3.05, 3.63) is 35.4 Å². The average Bonchev–Trinajstić information content (AvgIpc) is 2.32. The standard InChI is InChI=1S/C12H13F2NO4/c1-12(19,11(17)18)6-15-9(16)5-7-3-2-4-8(13)10(7)14/h2-4,19H,5-6H2,1H3,(H,15,16)(H,17,18). The normalized spacial score (nSPS) is 13.7. The first kappa shape index (κ1) is 15.0. The van der Waals surface area contributed by atoms with Gasteiger partial charge in [0.05, 0.1) is 13.0 Å². The van der Waals surface area contributed by atoms with Crippen molar-refractivity contribution in [1.29, 1.82) is 0 Å². The minimum Gasteiger partial charge on any atom is -0.479 e. The average molecular weight is 273 g/mol. The molecule has 0 aliphatic heterocycles. The quantitative estimate of drug-likeness (QED) is 0.727. The van der Waals surface area contributed by atoms with Crippen molar-refractivity contribution in [3.8, 4) is 0 Å². The van der Waals surface area contributed by atoms with Crippen molar-refractivity contribution >= 4 is 11.9 Å². The minimum atomic E-state index is -2.11. The zero-order valence-electron chi connectivity index (χ0n) is 10.1. The molecular weight excluding hydrogens is 260 g/mol. The summed E-state index contributed by atoms with van der Waals surface area (Å²) in [6.07, 6.45) is -0.445. The number of aliphatic hydroxyl groups is 1. The molecule has 7 heteroatoms. The van der Waals surface area contributed by atoms with E-state index in [2.05, 4.69) is 5.32 Å². The maximum absolute atomic E-state index is 13.3. The molecule has 0 saturated carbocycles. The monoisotopic (exact) mass is 273 g/mol. The summed E-state index contributed by atoms with van der Waals surface area (Å²) in [6, 6.07) is 3.42. The van der Waals surface area contributed by atoms with Crippen molar-refractivity contribution in [2.75, 3.05) is 6.54 Å². The van der Waals surface area contributed by atoms with Crippen LogP contribution in [0, 0.1) is 11.6 Å². The molecule has 1 amide bonds. The number of halogens is 2. The third-order valence-corrected chi connectivity index (χ3v) is 2.47. The van der Waals surface area contributed by atoms with E-state index in [1.54, 1.807) is 0 Å². The maximum Gasteiger partial charge on any atom is 0.337 e. The Bertz CT molecular complexity index is 503. The van der Waals surface area contributed by atoms with Gasteiger partial charge < -0.3 is 15.5 Å². The van der Waals surface area contributed by atoms with Crippen LogP contribution in [0.15, 0.2) is 18.2 Å². The summed E-state index contributed by atoms with van der Waals surface area (Å²) in [5.41, 5.74) is -2.26. The van der Waals surface area contributed by atoms with Crippen molar-refractivity contribution in [3.63, 3.8) is 0 Å². The van der Waals surface area contributed by atoms with Gasteiger partial charge in [0.1, 0.15) is 0 Å². The number of carbonyl (C=O) groups excluding carboxylic acids is 1. The van der Waals surface area contributed by atoms with E-state index in [1.165, 1.54) is 12.1 Å². The Morgan fingerprint density at radius 2 is 2.00 bits per heavy atom. The number of carbonyl (C=O) groups is 2. The molecule has 104 valence electrons. The Morgan fingerprint density at radius 1 is 1.37 bits per heavy atom. The molecule has 3 N–H and O–H groups in total. The van der Waals surface area contributed by atoms with Crippen LogP contribution in [0.4, 0.5) is 8.78 Å². The maximum atomic E-state index is 13.3. The molecule has 0 heterocycles. The van der Waals surface area contributed by atoms with Gasteiger partial charge in [-0.3, -0.25) is 4.79 Å². The second-order valence-electron chi connectivity index (χ2n) is 4.25. The van der Waals surface area contributed by atoms with Gasteiger partial charge in [-0.1, -0.05) is 12.1 Å². The lowest BCUT2D eigenvalue weighted by Gasteiger charge is -2.18. The molecule has 1 aromatic rings. The van der Waals surface area contributed by atoms with E-state index >= 15 is 0 Å². The highest BCUT2D eigenvalue weighted by Gasteiger charge is 2.30. The topological polar surface area (TPSA) is 86.6 Å². The summed E-state index contributed by atoms with van der Waals surface area (Å²) in [7, 11) is 0. The van der Waals surface area contributed by atoms with Crippen LogP contribution >= 0.6 is 0 Å². The molecule has 0 radical (unpaired) electrons. The molecule has 0 saturated heterocycles. The molecule has 1 atom stereocenters. The molecule has 0 aliphatic carbocycles. The van der Waals surface area contributed by atoms with Crippen LogP contribution < -0.4 is 5.32 Å². The third kappa shape index (κ3) is 3.99. The Hall–Kier alpha value is -2.02. The highest BCUT2D eigenvalue weighted by molar-refractivity contribution is 5.81. The largest absolute Gasteiger partial charge is 0.479 e. The third-order valence-electron chi connectivity index (χ3n) is 2.47. The number of carboxylic acids is 1. The first-order valence-electron chi connectivity index (χ1n) is 5.39. The van der Waals surface area contributed by atoms with E-state index in [1.807, 2.05) is 0 Å². The first-order valence-corrected chi connectivity index (χ1v) is 5.39. The molecule has 0 aliphatic rings. The molecule has 5 nitrogen and oxygen atoms in total. The minimum absolute atomic E-state index is 0.146. The van der Waals surface area contributed by atoms with Gasteiger partial charge >= 0.3 is 5.97 Å². The predicted molar refractivity (Wildman–Crippen MR) is 61.3 cm³/mol. The second-order valence-corrected chi connectivity index (χ2v) is 4.25. The summed E-state index contributed by atoms with van der Waals surface area (Å²) in [4.78, 5) is 22.0. The van der Waals surface area contributed by atoms with Crippen LogP contribution in [-0.2, 0) is 16.0 Å². The number of nitrogens with one attached hydrogen (secondary N) is 1. The number of carboxylic acid groups (broad SMARTS) is 1. The fourth-order valence-electron chi connectivity index (χ4n) is 1.27. The Labute approximate surface area is 107 Å². The van der Waals surface area contributed by atoms with Crippen LogP contribution in [0.25, 0.3) is 0 Å². The SMILES string of the molecule is CC(O)(CNC(=O)Cc1cccc(F)c1F)C(=O)O. The van der Waals surface area contributed by atoms with E-state index in [0.717, 1.165) is 13.0 Å². The van der Waals surface area contributed by atoms with E-state index in [4.69, 9.17) is 5.11 Å². The van der Waals surface area contributed by atoms with Crippen LogP contribution in [0.1, 0.15) is 12.5 Å². The van der Waals surface area contributed by atoms with Crippen LogP contribution in [0.5, 0.6) is 0 Å². The fourth-order valence-corrected chi connectivity index (χ4v) is 1.27. The zero-order chi connectivity index (χ0) is 14.6. The smallest absolute Gasteiger partial charge is 0.337 e. The summed E-state index contributed by atoms with van der Waals surface area (Å²) in [6.45, 7) is 0.483. The van der Waals surface area contributed by atoms with E-state index in [0.29, 0.717) is 0 Å². The van der Waals surface area contributed by atoms with Gasteiger partial charge in [0, 0.05) is 5.56 Å². The van der Waals surface area contributed by atoms with E-state index in [-0.39, 0.29) is 5.56 Å². The van der Waals surface area contributed by atoms with E-state index < -0.39 is 42.1 Å². The molecule has 19 heavy (non-hydrogen) atoms. The summed E-state index contributed by atoms with van der Waals surface area (Å²) in [5.74, 6) is -4.40. The molecule has 1 aromatic carbocycles. The highest BCUT2D eigenvalue weighted by Crippen LogP contribution is 2.12. The highest BCUT2D eigenvalue weighted by atomic mass is 19.2. The van der Waals surface area contributed by atoms with Crippen LogP contribution in [-0.4, -0.2) is 34.2 Å². The molecule has 0 fully saturated rings. The number of rotatable bonds is 5. The molecule has 0 bridgehead atoms. The number of hydrogen-bond donors (Lipinski definition) is 3. The second kappa shape index (κ2) is 5.75. The van der Waals surface area contributed by atoms with Crippen molar-refractivity contribution < 1.29 is 28.6 Å². The van der Waals surface area contributed by atoms with Gasteiger partial charge in [-0.25, -0.2) is 13.6 Å². The van der Waals surface area contributed by atoms with Crippen molar-refractivity contribution in [1.82, 2.24) is 5.32 Å². The first-order chi connectivity index (χ1) is 8.74. The van der Waals surface area contributed by atoms with Gasteiger partial charge in [-0.05, 0) is 13.0 Å². The van der Waals surface area contributed by atoms with Gasteiger partial charge in [0.25, 0.3) is 0 Å². The Kier molecular flexibility index (Phi) is 4.55. The molecule has 0 aromatic heterocycles. The summed E-state index contributed by atoms with van der Waals surface area (Å²) >= 11 is 0. The van der Waals surface area contributed by atoms with E-state index in [9.17, 15) is 23.5 Å². The van der Waals surface area contributed by atoms with Gasteiger partial charge in [0.15, 0.2) is 17.2 Å². The summed E-state index contributed by atoms with van der Waals surface area (Å²) in [5, 5.41) is 20.1. The van der Waals surface area contributed by atoms with Crippen molar-refractivity contribution in [2.24, 2.45) is 0 Å². The van der Waals surface area contributed by atoms with Crippen molar-refractivity contribution in [2.45, 2.75) is 18.9 Å². The molecule has 0 spiro atoms. The Morgan fingerprint density at radius 3 is 2.58 bits per heavy atom. The lowest BCUT2D eigenvalue weighted by atomic mass is 10.1. The fraction of sp³-hybridized carbons (Fsp3) is 0.333. The number of benzene rings is 1. The molecular formula is C12H13F2NO4. The van der Waals surface area contributed by atoms with Crippen LogP contribution in [0.2, 0.25) is 0 Å². The lowest BCUT2D eigenvalue weighted by Crippen LogP contribution is -2.46. The summed E-state index contributed by atoms with van der Waals surface area (Å²) < 4.78 is 26.2. The van der Waals surface area contributed by atoms with Crippen LogP contribution in [0.3, 0.4) is 0 Å². The number of amides is 1. The lowest BCUT2D eigenvalue weighted by molar-refractivity contribution is -0.156. The van der Waals surface area contributed by atoms with Gasteiger partial charge in [-0.15, -0.1) is 0 Å².